The van der Waals surface area contributed by atoms with E-state index in [9.17, 15) is 4.79 Å². The Hall–Kier alpha value is -3.28. The highest BCUT2D eigenvalue weighted by molar-refractivity contribution is 5.73. The Bertz CT molecular complexity index is 1110. The third-order valence-electron chi connectivity index (χ3n) is 6.08. The van der Waals surface area contributed by atoms with Crippen LogP contribution < -0.4 is 9.47 Å². The Labute approximate surface area is 174 Å². The fourth-order valence-electron chi connectivity index (χ4n) is 4.71. The average molecular weight is 405 g/mol. The molecule has 5 rings (SSSR count). The van der Waals surface area contributed by atoms with Gasteiger partial charge in [-0.05, 0) is 49.4 Å². The minimum Gasteiger partial charge on any atom is -0.492 e. The molecule has 0 saturated heterocycles. The first-order valence-electron chi connectivity index (χ1n) is 10.2. The predicted octanol–water partition coefficient (Wildman–Crippen LogP) is 4.98. The number of nitrogens with zero attached hydrogens (tertiary/aromatic N) is 1. The lowest BCUT2D eigenvalue weighted by atomic mass is 9.95. The highest BCUT2D eigenvalue weighted by atomic mass is 16.5. The summed E-state index contributed by atoms with van der Waals surface area (Å²) >= 11 is 0. The molecule has 2 aliphatic rings. The molecule has 0 radical (unpaired) electrons. The van der Waals surface area contributed by atoms with Crippen LogP contribution in [0.15, 0.2) is 40.9 Å². The van der Waals surface area contributed by atoms with Crippen LogP contribution in [0.2, 0.25) is 0 Å². The minimum absolute atomic E-state index is 0.0327. The lowest BCUT2D eigenvalue weighted by Gasteiger charge is -2.16. The first-order valence-corrected chi connectivity index (χ1v) is 10.2. The van der Waals surface area contributed by atoms with E-state index in [1.165, 1.54) is 16.7 Å². The Morgan fingerprint density at radius 3 is 2.87 bits per heavy atom. The number of rotatable bonds is 5. The molecular weight excluding hydrogens is 382 g/mol. The summed E-state index contributed by atoms with van der Waals surface area (Å²) in [4.78, 5) is 11.0. The molecule has 0 saturated carbocycles. The smallest absolute Gasteiger partial charge is 0.304 e. The van der Waals surface area contributed by atoms with E-state index in [-0.39, 0.29) is 18.4 Å². The molecule has 1 aliphatic carbocycles. The predicted molar refractivity (Wildman–Crippen MR) is 110 cm³/mol. The van der Waals surface area contributed by atoms with Crippen LogP contribution >= 0.6 is 0 Å². The van der Waals surface area contributed by atoms with Crippen molar-refractivity contribution in [1.29, 1.82) is 0 Å². The molecule has 1 aromatic heterocycles. The second kappa shape index (κ2) is 7.20. The molecule has 0 spiro atoms. The van der Waals surface area contributed by atoms with Gasteiger partial charge in [0.05, 0.1) is 18.7 Å². The van der Waals surface area contributed by atoms with Gasteiger partial charge in [0.2, 0.25) is 0 Å². The van der Waals surface area contributed by atoms with Crippen LogP contribution in [0, 0.1) is 13.8 Å². The topological polar surface area (TPSA) is 81.8 Å². The molecule has 0 amide bonds. The van der Waals surface area contributed by atoms with Gasteiger partial charge in [-0.3, -0.25) is 4.79 Å². The van der Waals surface area contributed by atoms with Gasteiger partial charge in [-0.1, -0.05) is 29.4 Å². The molecule has 154 valence electrons. The van der Waals surface area contributed by atoms with Gasteiger partial charge in [0.15, 0.2) is 0 Å². The van der Waals surface area contributed by atoms with Crippen molar-refractivity contribution in [3.63, 3.8) is 0 Å². The SMILES string of the molecule is Cc1noc(C)c1-c1cccc2c1CCC2Oc1ccc2c(c1)OCC2CC(=O)O. The molecule has 6 heteroatoms. The molecule has 3 aromatic rings. The van der Waals surface area contributed by atoms with Gasteiger partial charge < -0.3 is 19.1 Å². The van der Waals surface area contributed by atoms with Crippen LogP contribution in [-0.2, 0) is 11.2 Å². The molecule has 30 heavy (non-hydrogen) atoms. The molecule has 2 unspecified atom stereocenters. The standard InChI is InChI=1S/C24H23NO5/c1-13-24(14(2)30-25-13)20-5-3-4-19-18(20)8-9-21(19)29-16-6-7-17-15(10-23(26)27)12-28-22(17)11-16/h3-7,11,15,21H,8-10,12H2,1-2H3,(H,26,27). The number of benzene rings is 2. The minimum atomic E-state index is -0.812. The van der Waals surface area contributed by atoms with E-state index >= 15 is 0 Å². The Morgan fingerprint density at radius 2 is 2.10 bits per heavy atom. The number of aryl methyl sites for hydroxylation is 2. The summed E-state index contributed by atoms with van der Waals surface area (Å²) < 4.78 is 17.4. The molecular formula is C24H23NO5. The van der Waals surface area contributed by atoms with Crippen molar-refractivity contribution < 1.29 is 23.9 Å². The normalized spacial score (nSPS) is 19.3. The molecule has 2 heterocycles. The highest BCUT2D eigenvalue weighted by Gasteiger charge is 2.30. The quantitative estimate of drug-likeness (QED) is 0.645. The van der Waals surface area contributed by atoms with Gasteiger partial charge in [-0.2, -0.15) is 0 Å². The van der Waals surface area contributed by atoms with Gasteiger partial charge in [0.25, 0.3) is 0 Å². The maximum atomic E-state index is 11.0. The van der Waals surface area contributed by atoms with E-state index in [0.717, 1.165) is 46.9 Å². The molecule has 1 aliphatic heterocycles. The van der Waals surface area contributed by atoms with Gasteiger partial charge in [0, 0.05) is 23.1 Å². The van der Waals surface area contributed by atoms with Gasteiger partial charge in [-0.15, -0.1) is 0 Å². The molecule has 2 aromatic carbocycles. The molecule has 6 nitrogen and oxygen atoms in total. The van der Waals surface area contributed by atoms with Crippen molar-refractivity contribution in [2.24, 2.45) is 0 Å². The van der Waals surface area contributed by atoms with Crippen LogP contribution in [0.4, 0.5) is 0 Å². The van der Waals surface area contributed by atoms with Crippen molar-refractivity contribution in [3.05, 3.63) is 64.5 Å². The number of hydrogen-bond acceptors (Lipinski definition) is 5. The number of hydrogen-bond donors (Lipinski definition) is 1. The second-order valence-corrected chi connectivity index (χ2v) is 8.02. The van der Waals surface area contributed by atoms with Crippen LogP contribution in [-0.4, -0.2) is 22.8 Å². The van der Waals surface area contributed by atoms with E-state index in [4.69, 9.17) is 19.1 Å². The largest absolute Gasteiger partial charge is 0.492 e. The zero-order chi connectivity index (χ0) is 20.8. The van der Waals surface area contributed by atoms with Crippen LogP contribution in [0.1, 0.15) is 53.0 Å². The summed E-state index contributed by atoms with van der Waals surface area (Å²) in [5, 5.41) is 13.2. The number of aromatic nitrogens is 1. The summed E-state index contributed by atoms with van der Waals surface area (Å²) in [6, 6.07) is 12.0. The monoisotopic (exact) mass is 405 g/mol. The lowest BCUT2D eigenvalue weighted by Crippen LogP contribution is -2.07. The highest BCUT2D eigenvalue weighted by Crippen LogP contribution is 2.43. The van der Waals surface area contributed by atoms with Gasteiger partial charge in [-0.25, -0.2) is 0 Å². The molecule has 1 N–H and O–H groups in total. The van der Waals surface area contributed by atoms with Crippen molar-refractivity contribution in [2.75, 3.05) is 6.61 Å². The van der Waals surface area contributed by atoms with Crippen molar-refractivity contribution >= 4 is 5.97 Å². The lowest BCUT2D eigenvalue weighted by molar-refractivity contribution is -0.137. The maximum absolute atomic E-state index is 11.0. The summed E-state index contributed by atoms with van der Waals surface area (Å²) in [5.74, 6) is 1.38. The first-order chi connectivity index (χ1) is 14.5. The first kappa shape index (κ1) is 18.7. The maximum Gasteiger partial charge on any atom is 0.304 e. The van der Waals surface area contributed by atoms with E-state index in [1.54, 1.807) is 0 Å². The van der Waals surface area contributed by atoms with Crippen molar-refractivity contribution in [3.8, 4) is 22.6 Å². The van der Waals surface area contributed by atoms with Gasteiger partial charge in [0.1, 0.15) is 23.4 Å². The fraction of sp³-hybridized carbons (Fsp3) is 0.333. The second-order valence-electron chi connectivity index (χ2n) is 8.02. The fourth-order valence-corrected chi connectivity index (χ4v) is 4.71. The van der Waals surface area contributed by atoms with Gasteiger partial charge >= 0.3 is 5.97 Å². The number of carboxylic acid groups (broad SMARTS) is 1. The third-order valence-corrected chi connectivity index (χ3v) is 6.08. The summed E-state index contributed by atoms with van der Waals surface area (Å²) in [7, 11) is 0. The number of aliphatic carboxylic acids is 1. The van der Waals surface area contributed by atoms with E-state index in [1.807, 2.05) is 32.0 Å². The van der Waals surface area contributed by atoms with Crippen LogP contribution in [0.3, 0.4) is 0 Å². The van der Waals surface area contributed by atoms with Crippen LogP contribution in [0.5, 0.6) is 11.5 Å². The summed E-state index contributed by atoms with van der Waals surface area (Å²) in [6.07, 6.45) is 1.88. The number of carboxylic acids is 1. The zero-order valence-corrected chi connectivity index (χ0v) is 17.0. The van der Waals surface area contributed by atoms with Crippen molar-refractivity contribution in [2.45, 2.75) is 45.1 Å². The average Bonchev–Trinajstić information content (AvgIpc) is 3.40. The van der Waals surface area contributed by atoms with E-state index in [2.05, 4.69) is 23.4 Å². The summed E-state index contributed by atoms with van der Waals surface area (Å²) in [6.45, 7) is 4.31. The number of fused-ring (bicyclic) bond motifs is 2. The Morgan fingerprint density at radius 1 is 1.23 bits per heavy atom. The zero-order valence-electron chi connectivity index (χ0n) is 17.0. The summed E-state index contributed by atoms with van der Waals surface area (Å²) in [5.41, 5.74) is 6.56. The molecule has 2 atom stereocenters. The van der Waals surface area contributed by atoms with Crippen molar-refractivity contribution in [1.82, 2.24) is 5.16 Å². The molecule has 0 fully saturated rings. The number of carbonyl (C=O) groups is 1. The Kier molecular flexibility index (Phi) is 4.50. The van der Waals surface area contributed by atoms with E-state index < -0.39 is 5.97 Å². The van der Waals surface area contributed by atoms with Crippen LogP contribution in [0.25, 0.3) is 11.1 Å². The third kappa shape index (κ3) is 3.12. The van der Waals surface area contributed by atoms with E-state index in [0.29, 0.717) is 6.61 Å². The number of ether oxygens (including phenoxy) is 2. The molecule has 0 bridgehead atoms. The Balaban J connectivity index is 1.41.